The number of anilines is 1. The quantitative estimate of drug-likeness (QED) is 0.746. The highest BCUT2D eigenvalue weighted by Crippen LogP contribution is 2.35. The van der Waals surface area contributed by atoms with Crippen LogP contribution in [-0.2, 0) is 6.54 Å². The fourth-order valence-corrected chi connectivity index (χ4v) is 4.61. The molecular formula is C20H23N5OS. The van der Waals surface area contributed by atoms with Gasteiger partial charge in [-0.2, -0.15) is 0 Å². The largest absolute Gasteiger partial charge is 0.356 e. The lowest BCUT2D eigenvalue weighted by atomic mass is 10.2. The monoisotopic (exact) mass is 381 g/mol. The average molecular weight is 382 g/mol. The van der Waals surface area contributed by atoms with Crippen LogP contribution < -0.4 is 10.2 Å². The molecule has 4 rings (SSSR count). The Morgan fingerprint density at radius 1 is 1.15 bits per heavy atom. The Balaban J connectivity index is 1.61. The SMILES string of the molecule is Cc1c(C(=O)NCc2ccccn2)sc2ncnc(N3CCCCCC3)c12. The van der Waals surface area contributed by atoms with E-state index in [1.165, 1.54) is 37.0 Å². The highest BCUT2D eigenvalue weighted by Gasteiger charge is 2.22. The van der Waals surface area contributed by atoms with Crippen molar-refractivity contribution in [3.63, 3.8) is 0 Å². The van der Waals surface area contributed by atoms with E-state index in [0.29, 0.717) is 11.4 Å². The first kappa shape index (κ1) is 17.9. The number of amides is 1. The number of carbonyl (C=O) groups is 1. The zero-order chi connectivity index (χ0) is 18.6. The molecule has 1 amide bonds. The second-order valence-electron chi connectivity index (χ2n) is 6.84. The molecule has 7 heteroatoms. The molecule has 1 saturated heterocycles. The first-order chi connectivity index (χ1) is 13.2. The van der Waals surface area contributed by atoms with Gasteiger partial charge in [0.25, 0.3) is 5.91 Å². The van der Waals surface area contributed by atoms with Crippen molar-refractivity contribution in [2.24, 2.45) is 0 Å². The van der Waals surface area contributed by atoms with Crippen molar-refractivity contribution >= 4 is 33.3 Å². The fourth-order valence-electron chi connectivity index (χ4n) is 3.55. The molecule has 140 valence electrons. The third kappa shape index (κ3) is 3.78. The van der Waals surface area contributed by atoms with E-state index in [1.807, 2.05) is 25.1 Å². The Morgan fingerprint density at radius 2 is 1.96 bits per heavy atom. The van der Waals surface area contributed by atoms with Crippen molar-refractivity contribution in [2.45, 2.75) is 39.2 Å². The van der Waals surface area contributed by atoms with Gasteiger partial charge in [-0.15, -0.1) is 11.3 Å². The number of fused-ring (bicyclic) bond motifs is 1. The summed E-state index contributed by atoms with van der Waals surface area (Å²) in [5.74, 6) is 0.891. The first-order valence-corrected chi connectivity index (χ1v) is 10.2. The van der Waals surface area contributed by atoms with Crippen LogP contribution in [0.5, 0.6) is 0 Å². The number of hydrogen-bond donors (Lipinski definition) is 1. The van der Waals surface area contributed by atoms with Gasteiger partial charge in [-0.3, -0.25) is 9.78 Å². The molecule has 0 aliphatic carbocycles. The van der Waals surface area contributed by atoms with Gasteiger partial charge in [-0.25, -0.2) is 9.97 Å². The van der Waals surface area contributed by atoms with E-state index in [0.717, 1.165) is 40.4 Å². The van der Waals surface area contributed by atoms with Crippen molar-refractivity contribution in [1.82, 2.24) is 20.3 Å². The van der Waals surface area contributed by atoms with Crippen molar-refractivity contribution in [3.05, 3.63) is 46.9 Å². The van der Waals surface area contributed by atoms with Crippen LogP contribution in [0.1, 0.15) is 46.6 Å². The summed E-state index contributed by atoms with van der Waals surface area (Å²) in [5.41, 5.74) is 1.81. The van der Waals surface area contributed by atoms with Crippen LogP contribution in [-0.4, -0.2) is 33.9 Å². The van der Waals surface area contributed by atoms with Crippen molar-refractivity contribution in [3.8, 4) is 0 Å². The van der Waals surface area contributed by atoms with Crippen LogP contribution in [0.15, 0.2) is 30.7 Å². The van der Waals surface area contributed by atoms with Crippen LogP contribution in [0, 0.1) is 6.92 Å². The van der Waals surface area contributed by atoms with Crippen LogP contribution in [0.25, 0.3) is 10.2 Å². The molecule has 0 radical (unpaired) electrons. The summed E-state index contributed by atoms with van der Waals surface area (Å²) in [7, 11) is 0. The molecule has 0 saturated carbocycles. The van der Waals surface area contributed by atoms with Gasteiger partial charge < -0.3 is 10.2 Å². The summed E-state index contributed by atoms with van der Waals surface area (Å²) in [6.07, 6.45) is 8.27. The molecule has 3 aromatic heterocycles. The number of thiophene rings is 1. The molecule has 0 bridgehead atoms. The van der Waals surface area contributed by atoms with Gasteiger partial charge in [0.15, 0.2) is 0 Å². The molecule has 4 heterocycles. The van der Waals surface area contributed by atoms with E-state index in [-0.39, 0.29) is 5.91 Å². The maximum atomic E-state index is 12.8. The van der Waals surface area contributed by atoms with Gasteiger partial charge in [-0.05, 0) is 37.5 Å². The fraction of sp³-hybridized carbons (Fsp3) is 0.400. The summed E-state index contributed by atoms with van der Waals surface area (Å²) in [6.45, 7) is 4.45. The van der Waals surface area contributed by atoms with Crippen LogP contribution in [0.3, 0.4) is 0 Å². The van der Waals surface area contributed by atoms with Gasteiger partial charge >= 0.3 is 0 Å². The third-order valence-corrected chi connectivity index (χ3v) is 6.17. The summed E-state index contributed by atoms with van der Waals surface area (Å²) >= 11 is 1.44. The second-order valence-corrected chi connectivity index (χ2v) is 7.84. The Bertz CT molecular complexity index is 932. The Kier molecular flexibility index (Phi) is 5.29. The number of aromatic nitrogens is 3. The summed E-state index contributed by atoms with van der Waals surface area (Å²) < 4.78 is 0. The van der Waals surface area contributed by atoms with Crippen molar-refractivity contribution < 1.29 is 4.79 Å². The number of aryl methyl sites for hydroxylation is 1. The maximum Gasteiger partial charge on any atom is 0.262 e. The number of rotatable bonds is 4. The van der Waals surface area contributed by atoms with Crippen LogP contribution in [0.2, 0.25) is 0 Å². The molecule has 0 aromatic carbocycles. The smallest absolute Gasteiger partial charge is 0.262 e. The highest BCUT2D eigenvalue weighted by molar-refractivity contribution is 7.20. The molecule has 0 unspecified atom stereocenters. The summed E-state index contributed by atoms with van der Waals surface area (Å²) in [5, 5.41) is 3.99. The minimum Gasteiger partial charge on any atom is -0.356 e. The van der Waals surface area contributed by atoms with Crippen LogP contribution >= 0.6 is 11.3 Å². The molecule has 27 heavy (non-hydrogen) atoms. The maximum absolute atomic E-state index is 12.8. The topological polar surface area (TPSA) is 71.0 Å². The molecule has 0 spiro atoms. The molecule has 1 aliphatic rings. The van der Waals surface area contributed by atoms with Gasteiger partial charge in [-0.1, -0.05) is 18.9 Å². The summed E-state index contributed by atoms with van der Waals surface area (Å²) in [4.78, 5) is 30.0. The molecule has 6 nitrogen and oxygen atoms in total. The minimum absolute atomic E-state index is 0.0806. The predicted octanol–water partition coefficient (Wildman–Crippen LogP) is 3.71. The molecule has 3 aromatic rings. The number of hydrogen-bond acceptors (Lipinski definition) is 6. The van der Waals surface area contributed by atoms with Gasteiger partial charge in [0.1, 0.15) is 17.0 Å². The number of pyridine rings is 1. The predicted molar refractivity (Wildman–Crippen MR) is 108 cm³/mol. The van der Waals surface area contributed by atoms with E-state index < -0.39 is 0 Å². The zero-order valence-corrected chi connectivity index (χ0v) is 16.3. The molecular weight excluding hydrogens is 358 g/mol. The van der Waals surface area contributed by atoms with E-state index in [4.69, 9.17) is 0 Å². The first-order valence-electron chi connectivity index (χ1n) is 9.41. The van der Waals surface area contributed by atoms with Crippen molar-refractivity contribution in [2.75, 3.05) is 18.0 Å². The van der Waals surface area contributed by atoms with E-state index in [1.54, 1.807) is 12.5 Å². The minimum atomic E-state index is -0.0806. The normalized spacial score (nSPS) is 14.9. The highest BCUT2D eigenvalue weighted by atomic mass is 32.1. The van der Waals surface area contributed by atoms with Gasteiger partial charge in [0, 0.05) is 19.3 Å². The third-order valence-electron chi connectivity index (χ3n) is 4.97. The zero-order valence-electron chi connectivity index (χ0n) is 15.4. The van der Waals surface area contributed by atoms with E-state index in [2.05, 4.69) is 25.2 Å². The lowest BCUT2D eigenvalue weighted by Gasteiger charge is -2.22. The number of nitrogens with zero attached hydrogens (tertiary/aromatic N) is 4. The lowest BCUT2D eigenvalue weighted by Crippen LogP contribution is -2.25. The average Bonchev–Trinajstić information content (AvgIpc) is 2.88. The van der Waals surface area contributed by atoms with Gasteiger partial charge in [0.2, 0.25) is 0 Å². The Labute approximate surface area is 162 Å². The molecule has 0 atom stereocenters. The molecule has 1 fully saturated rings. The van der Waals surface area contributed by atoms with Crippen LogP contribution in [0.4, 0.5) is 5.82 Å². The van der Waals surface area contributed by atoms with E-state index >= 15 is 0 Å². The second kappa shape index (κ2) is 8.00. The van der Waals surface area contributed by atoms with Gasteiger partial charge in [0.05, 0.1) is 22.5 Å². The van der Waals surface area contributed by atoms with E-state index in [9.17, 15) is 4.79 Å². The number of nitrogens with one attached hydrogen (secondary N) is 1. The Morgan fingerprint density at radius 3 is 2.70 bits per heavy atom. The molecule has 1 N–H and O–H groups in total. The molecule has 1 aliphatic heterocycles. The lowest BCUT2D eigenvalue weighted by molar-refractivity contribution is 0.0954. The Hall–Kier alpha value is -2.54. The number of carbonyl (C=O) groups excluding carboxylic acids is 1. The standard InChI is InChI=1S/C20H23N5OS/c1-14-16-18(25-10-6-2-3-7-11-25)23-13-24-20(16)27-17(14)19(26)22-12-15-8-4-5-9-21-15/h4-5,8-9,13H,2-3,6-7,10-12H2,1H3,(H,22,26). The summed E-state index contributed by atoms with van der Waals surface area (Å²) in [6, 6.07) is 5.69. The van der Waals surface area contributed by atoms with Crippen molar-refractivity contribution in [1.29, 1.82) is 0 Å².